The Balaban J connectivity index is 1.30. The highest BCUT2D eigenvalue weighted by Gasteiger charge is 2.48. The van der Waals surface area contributed by atoms with Gasteiger partial charge in [-0.15, -0.1) is 0 Å². The summed E-state index contributed by atoms with van der Waals surface area (Å²) in [5.74, 6) is 1.58. The third kappa shape index (κ3) is 4.25. The second kappa shape index (κ2) is 8.23. The van der Waals surface area contributed by atoms with Gasteiger partial charge in [-0.2, -0.15) is 0 Å². The molecule has 3 atom stereocenters. The van der Waals surface area contributed by atoms with Crippen LogP contribution in [0, 0.1) is 5.92 Å². The van der Waals surface area contributed by atoms with E-state index in [9.17, 15) is 4.79 Å². The molecule has 2 aliphatic carbocycles. The Morgan fingerprint density at radius 2 is 1.94 bits per heavy atom. The maximum atomic E-state index is 12.5. The molecule has 1 aromatic carbocycles. The fourth-order valence-corrected chi connectivity index (χ4v) is 5.47. The molecule has 2 aromatic rings. The lowest BCUT2D eigenvalue weighted by Gasteiger charge is -2.33. The van der Waals surface area contributed by atoms with Gasteiger partial charge in [0.2, 0.25) is 0 Å². The molecule has 0 N–H and O–H groups in total. The first-order valence-corrected chi connectivity index (χ1v) is 12.0. The molecule has 8 heteroatoms. The van der Waals surface area contributed by atoms with E-state index in [4.69, 9.17) is 37.2 Å². The van der Waals surface area contributed by atoms with Crippen LogP contribution in [0.5, 0.6) is 0 Å². The van der Waals surface area contributed by atoms with Crippen LogP contribution in [-0.4, -0.2) is 40.4 Å². The van der Waals surface area contributed by atoms with Crippen LogP contribution in [0.25, 0.3) is 11.3 Å². The van der Waals surface area contributed by atoms with Gasteiger partial charge < -0.3 is 18.9 Å². The number of nitrogens with zero attached hydrogens (tertiary/aromatic N) is 2. The molecular weight excluding hydrogens is 451 g/mol. The lowest BCUT2D eigenvalue weighted by atomic mass is 10.0. The molecule has 1 saturated heterocycles. The van der Waals surface area contributed by atoms with E-state index in [1.807, 2.05) is 31.7 Å². The molecule has 1 aromatic heterocycles. The number of piperidine rings is 1. The highest BCUT2D eigenvalue weighted by Crippen LogP contribution is 2.47. The van der Waals surface area contributed by atoms with Crippen molar-refractivity contribution in [2.75, 3.05) is 6.54 Å². The van der Waals surface area contributed by atoms with Gasteiger partial charge in [-0.05, 0) is 58.6 Å². The van der Waals surface area contributed by atoms with E-state index in [-0.39, 0.29) is 18.2 Å². The minimum Gasteiger partial charge on any atom is -0.444 e. The third-order valence-corrected chi connectivity index (χ3v) is 7.14. The van der Waals surface area contributed by atoms with Crippen LogP contribution < -0.4 is 0 Å². The van der Waals surface area contributed by atoms with Gasteiger partial charge in [-0.1, -0.05) is 34.4 Å². The minimum atomic E-state index is -0.487. The fourth-order valence-electron chi connectivity index (χ4n) is 4.89. The van der Waals surface area contributed by atoms with Gasteiger partial charge >= 0.3 is 6.09 Å². The molecule has 172 valence electrons. The summed E-state index contributed by atoms with van der Waals surface area (Å²) in [5, 5.41) is 5.43. The molecule has 5 rings (SSSR count). The van der Waals surface area contributed by atoms with E-state index in [0.29, 0.717) is 46.3 Å². The summed E-state index contributed by atoms with van der Waals surface area (Å²) in [6.07, 6.45) is 3.82. The van der Waals surface area contributed by atoms with Gasteiger partial charge in [0.1, 0.15) is 17.1 Å². The number of carbonyl (C=O) groups is 1. The van der Waals surface area contributed by atoms with E-state index in [1.54, 1.807) is 12.1 Å². The fraction of sp³-hybridized carbons (Fsp3) is 0.583. The zero-order valence-corrected chi connectivity index (χ0v) is 20.1. The van der Waals surface area contributed by atoms with Gasteiger partial charge in [0.25, 0.3) is 0 Å². The molecule has 0 spiro atoms. The molecule has 1 aliphatic heterocycles. The van der Waals surface area contributed by atoms with Crippen LogP contribution in [0.4, 0.5) is 4.79 Å². The van der Waals surface area contributed by atoms with E-state index >= 15 is 0 Å². The molecular formula is C24H28Cl2N2O4. The summed E-state index contributed by atoms with van der Waals surface area (Å²) in [7, 11) is 0. The number of aromatic nitrogens is 1. The van der Waals surface area contributed by atoms with Gasteiger partial charge in [-0.3, -0.25) is 0 Å². The Bertz CT molecular complexity index is 1010. The quantitative estimate of drug-likeness (QED) is 0.494. The van der Waals surface area contributed by atoms with Crippen molar-refractivity contribution in [1.29, 1.82) is 0 Å². The van der Waals surface area contributed by atoms with Crippen molar-refractivity contribution in [2.24, 2.45) is 5.92 Å². The van der Waals surface area contributed by atoms with Crippen molar-refractivity contribution in [2.45, 2.75) is 76.7 Å². The lowest BCUT2D eigenvalue weighted by molar-refractivity contribution is -0.0219. The van der Waals surface area contributed by atoms with E-state index in [0.717, 1.165) is 37.0 Å². The maximum Gasteiger partial charge on any atom is 0.410 e. The van der Waals surface area contributed by atoms with Crippen LogP contribution in [0.1, 0.15) is 63.7 Å². The van der Waals surface area contributed by atoms with Gasteiger partial charge in [-0.25, -0.2) is 4.79 Å². The average Bonchev–Trinajstić information content (AvgIpc) is 3.16. The summed E-state index contributed by atoms with van der Waals surface area (Å²) in [6, 6.07) is 5.60. The first-order valence-electron chi connectivity index (χ1n) is 11.3. The minimum absolute atomic E-state index is 0.0928. The van der Waals surface area contributed by atoms with E-state index in [1.165, 1.54) is 0 Å². The second-order valence-corrected chi connectivity index (χ2v) is 10.9. The van der Waals surface area contributed by atoms with Crippen LogP contribution in [-0.2, 0) is 16.1 Å². The van der Waals surface area contributed by atoms with Crippen LogP contribution >= 0.6 is 23.2 Å². The molecule has 3 aliphatic rings. The first kappa shape index (κ1) is 22.1. The summed E-state index contributed by atoms with van der Waals surface area (Å²) < 4.78 is 17.7. The number of amides is 1. The number of fused-ring (bicyclic) bond motifs is 2. The Hall–Kier alpha value is -1.76. The van der Waals surface area contributed by atoms with Gasteiger partial charge in [0.15, 0.2) is 0 Å². The molecule has 6 nitrogen and oxygen atoms in total. The largest absolute Gasteiger partial charge is 0.444 e. The Labute approximate surface area is 198 Å². The van der Waals surface area contributed by atoms with Crippen LogP contribution in [0.15, 0.2) is 22.7 Å². The summed E-state index contributed by atoms with van der Waals surface area (Å²) in [6.45, 7) is 6.75. The Morgan fingerprint density at radius 1 is 1.22 bits per heavy atom. The predicted molar refractivity (Wildman–Crippen MR) is 122 cm³/mol. The average molecular weight is 479 g/mol. The zero-order chi connectivity index (χ0) is 22.6. The van der Waals surface area contributed by atoms with Crippen molar-refractivity contribution in [3.63, 3.8) is 0 Å². The second-order valence-electron chi connectivity index (χ2n) is 10.1. The summed E-state index contributed by atoms with van der Waals surface area (Å²) >= 11 is 12.9. The Morgan fingerprint density at radius 3 is 2.53 bits per heavy atom. The topological polar surface area (TPSA) is 64.8 Å². The van der Waals surface area contributed by atoms with Crippen LogP contribution in [0.2, 0.25) is 10.0 Å². The number of hydrogen-bond acceptors (Lipinski definition) is 5. The molecule has 2 heterocycles. The lowest BCUT2D eigenvalue weighted by Crippen LogP contribution is -2.44. The van der Waals surface area contributed by atoms with Crippen molar-refractivity contribution >= 4 is 29.3 Å². The van der Waals surface area contributed by atoms with Gasteiger partial charge in [0, 0.05) is 35.5 Å². The molecule has 3 fully saturated rings. The molecule has 0 radical (unpaired) electrons. The number of ether oxygens (including phenoxy) is 2. The number of rotatable bonds is 5. The normalized spacial score (nSPS) is 24.9. The summed E-state index contributed by atoms with van der Waals surface area (Å²) in [5.41, 5.74) is 1.81. The molecule has 2 bridgehead atoms. The molecule has 1 amide bonds. The number of benzene rings is 1. The van der Waals surface area contributed by atoms with Crippen molar-refractivity contribution < 1.29 is 18.8 Å². The standard InChI is InChI=1S/C24H28Cl2N2O4/c1-24(2,3)31-23(29)28-11-14-9-15(28)10-19(14)30-12-16-21(27-32-22(16)13-7-8-13)20-17(25)5-4-6-18(20)26/h4-6,13-15,19H,7-12H2,1-3H3/t14-,15-,19+/m1/s1. The first-order chi connectivity index (χ1) is 15.2. The SMILES string of the molecule is CC(C)(C)OC(=O)N1C[C@H]2C[C@@H]1C[C@@H]2OCc1c(-c2c(Cl)cccc2Cl)noc1C1CC1. The van der Waals surface area contributed by atoms with Crippen molar-refractivity contribution in [3.8, 4) is 11.3 Å². The van der Waals surface area contributed by atoms with Crippen molar-refractivity contribution in [1.82, 2.24) is 10.1 Å². The maximum absolute atomic E-state index is 12.5. The molecule has 32 heavy (non-hydrogen) atoms. The third-order valence-electron chi connectivity index (χ3n) is 6.51. The summed E-state index contributed by atoms with van der Waals surface area (Å²) in [4.78, 5) is 14.4. The smallest absolute Gasteiger partial charge is 0.410 e. The highest BCUT2D eigenvalue weighted by molar-refractivity contribution is 6.39. The highest BCUT2D eigenvalue weighted by atomic mass is 35.5. The number of halogens is 2. The molecule has 2 saturated carbocycles. The van der Waals surface area contributed by atoms with Crippen LogP contribution in [0.3, 0.4) is 0 Å². The monoisotopic (exact) mass is 478 g/mol. The molecule has 0 unspecified atom stereocenters. The van der Waals surface area contributed by atoms with Crippen molar-refractivity contribution in [3.05, 3.63) is 39.6 Å². The Kier molecular flexibility index (Phi) is 5.67. The van der Waals surface area contributed by atoms with Gasteiger partial charge in [0.05, 0.1) is 22.8 Å². The number of likely N-dealkylation sites (tertiary alicyclic amines) is 1. The van der Waals surface area contributed by atoms with E-state index in [2.05, 4.69) is 5.16 Å². The zero-order valence-electron chi connectivity index (χ0n) is 18.6. The predicted octanol–water partition coefficient (Wildman–Crippen LogP) is 6.44. The number of hydrogen-bond donors (Lipinski definition) is 0. The number of carbonyl (C=O) groups excluding carboxylic acids is 1. The van der Waals surface area contributed by atoms with E-state index < -0.39 is 5.60 Å².